The molecule has 0 atom stereocenters. The first-order chi connectivity index (χ1) is 9.76. The van der Waals surface area contributed by atoms with Crippen LogP contribution in [0.3, 0.4) is 0 Å². The lowest BCUT2D eigenvalue weighted by Crippen LogP contribution is -2.00. The minimum atomic E-state index is -0.347. The predicted molar refractivity (Wildman–Crippen MR) is 80.7 cm³/mol. The van der Waals surface area contributed by atoms with Crippen LogP contribution in [0.5, 0.6) is 5.75 Å². The van der Waals surface area contributed by atoms with Gasteiger partial charge in [-0.25, -0.2) is 9.78 Å². The Kier molecular flexibility index (Phi) is 3.75. The molecule has 0 fully saturated rings. The third kappa shape index (κ3) is 2.71. The van der Waals surface area contributed by atoms with Crippen LogP contribution in [0.4, 0.5) is 0 Å². The Hall–Kier alpha value is -1.79. The molecule has 4 nitrogen and oxygen atoms in total. The summed E-state index contributed by atoms with van der Waals surface area (Å²) in [6.45, 7) is 0. The van der Waals surface area contributed by atoms with Gasteiger partial charge >= 0.3 is 5.63 Å². The average molecular weight is 305 g/mol. The Balaban J connectivity index is 1.99. The van der Waals surface area contributed by atoms with Crippen molar-refractivity contribution >= 4 is 34.1 Å². The minimum Gasteiger partial charge on any atom is -0.497 e. The summed E-state index contributed by atoms with van der Waals surface area (Å²) in [5.74, 6) is 1.35. The number of rotatable bonds is 4. The second kappa shape index (κ2) is 5.68. The fourth-order valence-corrected chi connectivity index (χ4v) is 3.51. The van der Waals surface area contributed by atoms with Gasteiger partial charge in [0.25, 0.3) is 0 Å². The molecule has 0 saturated heterocycles. The molecule has 2 aromatic heterocycles. The summed E-state index contributed by atoms with van der Waals surface area (Å²) < 4.78 is 11.4. The van der Waals surface area contributed by atoms with Crippen LogP contribution in [0, 0.1) is 0 Å². The molecule has 1 aromatic carbocycles. The molecule has 3 rings (SSSR count). The van der Waals surface area contributed by atoms with E-state index in [-0.39, 0.29) is 5.63 Å². The molecule has 0 N–H and O–H groups in total. The van der Waals surface area contributed by atoms with Crippen LogP contribution in [-0.4, -0.2) is 12.1 Å². The molecule has 0 aliphatic carbocycles. The highest BCUT2D eigenvalue weighted by Gasteiger charge is 2.08. The molecule has 0 saturated carbocycles. The number of methoxy groups -OCH3 is 1. The van der Waals surface area contributed by atoms with Crippen LogP contribution in [0.15, 0.2) is 49.4 Å². The molecule has 0 amide bonds. The zero-order valence-electron chi connectivity index (χ0n) is 10.7. The second-order valence-electron chi connectivity index (χ2n) is 4.04. The van der Waals surface area contributed by atoms with E-state index in [0.29, 0.717) is 17.1 Å². The highest BCUT2D eigenvalue weighted by molar-refractivity contribution is 8.00. The van der Waals surface area contributed by atoms with Crippen LogP contribution in [0.25, 0.3) is 11.0 Å². The number of hydrogen-bond donors (Lipinski definition) is 0. The van der Waals surface area contributed by atoms with Crippen molar-refractivity contribution in [1.29, 1.82) is 0 Å². The molecule has 3 aromatic rings. The number of thioether (sulfide) groups is 1. The number of hydrogen-bond acceptors (Lipinski definition) is 6. The van der Waals surface area contributed by atoms with Gasteiger partial charge < -0.3 is 9.15 Å². The Morgan fingerprint density at radius 3 is 3.05 bits per heavy atom. The molecule has 0 bridgehead atoms. The first-order valence-electron chi connectivity index (χ1n) is 5.89. The summed E-state index contributed by atoms with van der Waals surface area (Å²) >= 11 is 3.20. The molecule has 102 valence electrons. The number of thiazole rings is 1. The van der Waals surface area contributed by atoms with Gasteiger partial charge in [0.1, 0.15) is 15.7 Å². The largest absolute Gasteiger partial charge is 0.497 e. The van der Waals surface area contributed by atoms with Crippen LogP contribution < -0.4 is 10.4 Å². The molecule has 0 spiro atoms. The van der Waals surface area contributed by atoms with Gasteiger partial charge in [-0.05, 0) is 17.7 Å². The van der Waals surface area contributed by atoms with Gasteiger partial charge in [0.05, 0.1) is 7.11 Å². The summed E-state index contributed by atoms with van der Waals surface area (Å²) in [6.07, 6.45) is 1.77. The van der Waals surface area contributed by atoms with Crippen molar-refractivity contribution in [3.05, 3.63) is 51.8 Å². The summed E-state index contributed by atoms with van der Waals surface area (Å²) in [7, 11) is 1.58. The summed E-state index contributed by atoms with van der Waals surface area (Å²) in [4.78, 5) is 15.9. The lowest BCUT2D eigenvalue weighted by Gasteiger charge is -2.05. The standard InChI is InChI=1S/C14H11NO3S2/c1-17-10-2-3-11-9(6-13(16)18-12(11)7-10)8-20-14-15-4-5-19-14/h2-7H,8H2,1H3. The maximum absolute atomic E-state index is 11.6. The molecular weight excluding hydrogens is 294 g/mol. The average Bonchev–Trinajstić information content (AvgIpc) is 2.97. The number of nitrogens with zero attached hydrogens (tertiary/aromatic N) is 1. The number of benzene rings is 1. The van der Waals surface area contributed by atoms with E-state index in [2.05, 4.69) is 4.98 Å². The first kappa shape index (κ1) is 13.2. The SMILES string of the molecule is COc1ccc2c(CSc3nccs3)cc(=O)oc2c1. The van der Waals surface area contributed by atoms with E-state index in [1.54, 1.807) is 42.5 Å². The second-order valence-corrected chi connectivity index (χ2v) is 6.16. The van der Waals surface area contributed by atoms with Gasteiger partial charge in [0.15, 0.2) is 0 Å². The third-order valence-electron chi connectivity index (χ3n) is 2.80. The first-order valence-corrected chi connectivity index (χ1v) is 7.76. The van der Waals surface area contributed by atoms with E-state index in [1.807, 2.05) is 17.5 Å². The van der Waals surface area contributed by atoms with E-state index in [4.69, 9.17) is 9.15 Å². The number of fused-ring (bicyclic) bond motifs is 1. The van der Waals surface area contributed by atoms with Crippen LogP contribution in [-0.2, 0) is 5.75 Å². The van der Waals surface area contributed by atoms with Gasteiger partial charge in [-0.3, -0.25) is 0 Å². The third-order valence-corrected chi connectivity index (χ3v) is 4.81. The maximum atomic E-state index is 11.6. The monoisotopic (exact) mass is 305 g/mol. The highest BCUT2D eigenvalue weighted by Crippen LogP contribution is 2.29. The molecule has 0 aliphatic heterocycles. The Bertz CT molecular complexity index is 781. The lowest BCUT2D eigenvalue weighted by atomic mass is 10.1. The van der Waals surface area contributed by atoms with Crippen molar-refractivity contribution < 1.29 is 9.15 Å². The summed E-state index contributed by atoms with van der Waals surface area (Å²) in [5.41, 5.74) is 1.14. The van der Waals surface area contributed by atoms with Gasteiger partial charge in [-0.2, -0.15) is 0 Å². The van der Waals surface area contributed by atoms with E-state index < -0.39 is 0 Å². The van der Waals surface area contributed by atoms with Gasteiger partial charge in [0.2, 0.25) is 0 Å². The number of aromatic nitrogens is 1. The van der Waals surface area contributed by atoms with Crippen LogP contribution >= 0.6 is 23.1 Å². The summed E-state index contributed by atoms with van der Waals surface area (Å²) in [6, 6.07) is 7.04. The van der Waals surface area contributed by atoms with Crippen LogP contribution in [0.2, 0.25) is 0 Å². The van der Waals surface area contributed by atoms with Crippen molar-refractivity contribution in [2.45, 2.75) is 10.1 Å². The topological polar surface area (TPSA) is 52.3 Å². The van der Waals surface area contributed by atoms with E-state index in [0.717, 1.165) is 15.3 Å². The van der Waals surface area contributed by atoms with Crippen molar-refractivity contribution in [1.82, 2.24) is 4.98 Å². The summed E-state index contributed by atoms with van der Waals surface area (Å²) in [5, 5.41) is 2.86. The van der Waals surface area contributed by atoms with Gasteiger partial charge in [-0.15, -0.1) is 11.3 Å². The van der Waals surface area contributed by atoms with Crippen molar-refractivity contribution in [2.75, 3.05) is 7.11 Å². The van der Waals surface area contributed by atoms with Crippen molar-refractivity contribution in [3.8, 4) is 5.75 Å². The molecule has 0 aliphatic rings. The molecule has 20 heavy (non-hydrogen) atoms. The van der Waals surface area contributed by atoms with Gasteiger partial charge in [-0.1, -0.05) is 11.8 Å². The minimum absolute atomic E-state index is 0.347. The van der Waals surface area contributed by atoms with Gasteiger partial charge in [0, 0.05) is 34.8 Å². The van der Waals surface area contributed by atoms with Crippen molar-refractivity contribution in [2.24, 2.45) is 0 Å². The number of ether oxygens (including phenoxy) is 1. The highest BCUT2D eigenvalue weighted by atomic mass is 32.2. The fraction of sp³-hybridized carbons (Fsp3) is 0.143. The molecule has 6 heteroatoms. The molecule has 0 unspecified atom stereocenters. The predicted octanol–water partition coefficient (Wildman–Crippen LogP) is 3.55. The normalized spacial score (nSPS) is 10.8. The fourth-order valence-electron chi connectivity index (χ4n) is 1.88. The molecule has 0 radical (unpaired) electrons. The Morgan fingerprint density at radius 2 is 2.30 bits per heavy atom. The van der Waals surface area contributed by atoms with E-state index in [1.165, 1.54) is 6.07 Å². The Labute approximate surface area is 123 Å². The Morgan fingerprint density at radius 1 is 1.40 bits per heavy atom. The maximum Gasteiger partial charge on any atom is 0.336 e. The quantitative estimate of drug-likeness (QED) is 0.545. The van der Waals surface area contributed by atoms with E-state index in [9.17, 15) is 4.79 Å². The molecular formula is C14H11NO3S2. The lowest BCUT2D eigenvalue weighted by molar-refractivity contribution is 0.414. The smallest absolute Gasteiger partial charge is 0.336 e. The van der Waals surface area contributed by atoms with E-state index >= 15 is 0 Å². The zero-order chi connectivity index (χ0) is 13.9. The van der Waals surface area contributed by atoms with Crippen LogP contribution in [0.1, 0.15) is 5.56 Å². The molecule has 2 heterocycles. The zero-order valence-corrected chi connectivity index (χ0v) is 12.3. The van der Waals surface area contributed by atoms with Crippen molar-refractivity contribution in [3.63, 3.8) is 0 Å².